The molecule has 3 N–H and O–H groups in total. The van der Waals surface area contributed by atoms with Gasteiger partial charge in [-0.15, -0.1) is 5.10 Å². The van der Waals surface area contributed by atoms with E-state index in [2.05, 4.69) is 15.4 Å². The lowest BCUT2D eigenvalue weighted by molar-refractivity contribution is 0.574. The van der Waals surface area contributed by atoms with Crippen LogP contribution in [0, 0.1) is 0 Å². The number of pyridine rings is 1. The van der Waals surface area contributed by atoms with Gasteiger partial charge in [0.25, 0.3) is 0 Å². The minimum Gasteiger partial charge on any atom is -0.347 e. The van der Waals surface area contributed by atoms with Crippen molar-refractivity contribution < 1.29 is 0 Å². The fourth-order valence-electron chi connectivity index (χ4n) is 1.26. The number of halogens is 1. The van der Waals surface area contributed by atoms with Gasteiger partial charge in [0.2, 0.25) is 5.95 Å². The smallest absolute Gasteiger partial charge is 0.243 e. The van der Waals surface area contributed by atoms with Crippen LogP contribution in [0.5, 0.6) is 0 Å². The third-order valence-corrected chi connectivity index (χ3v) is 2.48. The molecule has 0 unspecified atom stereocenters. The van der Waals surface area contributed by atoms with Crippen LogP contribution in [0.15, 0.2) is 18.3 Å². The standard InChI is InChI=1S/C10H14ClN5/c1-10(2,6-12)14-9-13-8-4-3-7(11)5-16(8)15-9/h3-5H,6,12H2,1-2H3,(H,14,15). The lowest BCUT2D eigenvalue weighted by atomic mass is 10.1. The highest BCUT2D eigenvalue weighted by molar-refractivity contribution is 6.30. The molecule has 0 aliphatic carbocycles. The molecule has 0 radical (unpaired) electrons. The van der Waals surface area contributed by atoms with Gasteiger partial charge in [0, 0.05) is 18.3 Å². The fourth-order valence-corrected chi connectivity index (χ4v) is 1.42. The first-order valence-electron chi connectivity index (χ1n) is 5.00. The molecule has 0 spiro atoms. The molecule has 0 aliphatic heterocycles. The highest BCUT2D eigenvalue weighted by Gasteiger charge is 2.17. The molecule has 2 aromatic rings. The summed E-state index contributed by atoms with van der Waals surface area (Å²) in [6, 6.07) is 3.60. The first-order valence-corrected chi connectivity index (χ1v) is 5.38. The molecule has 0 saturated carbocycles. The lowest BCUT2D eigenvalue weighted by Gasteiger charge is -2.22. The Morgan fingerprint density at radius 1 is 1.50 bits per heavy atom. The Morgan fingerprint density at radius 3 is 2.94 bits per heavy atom. The molecule has 0 amide bonds. The number of anilines is 1. The van der Waals surface area contributed by atoms with E-state index in [0.29, 0.717) is 17.5 Å². The maximum atomic E-state index is 5.86. The molecular formula is C10H14ClN5. The Kier molecular flexibility index (Phi) is 2.73. The molecule has 0 aromatic carbocycles. The quantitative estimate of drug-likeness (QED) is 0.853. The predicted molar refractivity (Wildman–Crippen MR) is 64.8 cm³/mol. The summed E-state index contributed by atoms with van der Waals surface area (Å²) in [5.41, 5.74) is 6.15. The summed E-state index contributed by atoms with van der Waals surface area (Å²) in [4.78, 5) is 4.31. The van der Waals surface area contributed by atoms with Crippen LogP contribution in [-0.2, 0) is 0 Å². The first-order chi connectivity index (χ1) is 7.50. The maximum absolute atomic E-state index is 5.86. The van der Waals surface area contributed by atoms with Gasteiger partial charge in [-0.25, -0.2) is 4.52 Å². The summed E-state index contributed by atoms with van der Waals surface area (Å²) < 4.78 is 1.64. The summed E-state index contributed by atoms with van der Waals surface area (Å²) in [6.07, 6.45) is 1.71. The van der Waals surface area contributed by atoms with Crippen LogP contribution in [0.2, 0.25) is 5.02 Å². The van der Waals surface area contributed by atoms with Gasteiger partial charge in [-0.3, -0.25) is 0 Å². The van der Waals surface area contributed by atoms with Crippen molar-refractivity contribution in [2.75, 3.05) is 11.9 Å². The van der Waals surface area contributed by atoms with Gasteiger partial charge in [-0.2, -0.15) is 4.98 Å². The van der Waals surface area contributed by atoms with Crippen molar-refractivity contribution in [2.24, 2.45) is 5.73 Å². The molecule has 16 heavy (non-hydrogen) atoms. The van der Waals surface area contributed by atoms with Gasteiger partial charge in [0.1, 0.15) is 0 Å². The van der Waals surface area contributed by atoms with Gasteiger partial charge in [0.15, 0.2) is 5.65 Å². The second-order valence-electron chi connectivity index (χ2n) is 4.30. The summed E-state index contributed by atoms with van der Waals surface area (Å²) >= 11 is 5.86. The van der Waals surface area contributed by atoms with Gasteiger partial charge >= 0.3 is 0 Å². The number of rotatable bonds is 3. The van der Waals surface area contributed by atoms with Crippen LogP contribution < -0.4 is 11.1 Å². The van der Waals surface area contributed by atoms with Gasteiger partial charge in [-0.1, -0.05) is 11.6 Å². The number of hydrogen-bond acceptors (Lipinski definition) is 4. The zero-order valence-corrected chi connectivity index (χ0v) is 9.99. The van der Waals surface area contributed by atoms with E-state index >= 15 is 0 Å². The van der Waals surface area contributed by atoms with Crippen LogP contribution >= 0.6 is 11.6 Å². The summed E-state index contributed by atoms with van der Waals surface area (Å²) in [6.45, 7) is 4.49. The third kappa shape index (κ3) is 2.25. The minimum absolute atomic E-state index is 0.227. The maximum Gasteiger partial charge on any atom is 0.243 e. The Bertz CT molecular complexity index is 505. The zero-order chi connectivity index (χ0) is 11.8. The zero-order valence-electron chi connectivity index (χ0n) is 9.24. The van der Waals surface area contributed by atoms with E-state index in [1.54, 1.807) is 16.8 Å². The average molecular weight is 240 g/mol. The molecule has 2 rings (SSSR count). The fraction of sp³-hybridized carbons (Fsp3) is 0.400. The van der Waals surface area contributed by atoms with Crippen LogP contribution in [0.1, 0.15) is 13.8 Å². The number of nitrogens with one attached hydrogen (secondary N) is 1. The van der Waals surface area contributed by atoms with E-state index in [4.69, 9.17) is 17.3 Å². The van der Waals surface area contributed by atoms with Gasteiger partial charge in [-0.05, 0) is 26.0 Å². The van der Waals surface area contributed by atoms with E-state index in [1.807, 2.05) is 19.9 Å². The van der Waals surface area contributed by atoms with E-state index in [9.17, 15) is 0 Å². The Labute approximate surface area is 98.6 Å². The lowest BCUT2D eigenvalue weighted by Crippen LogP contribution is -2.39. The normalized spacial score (nSPS) is 12.0. The molecule has 2 aromatic heterocycles. The van der Waals surface area contributed by atoms with Crippen molar-refractivity contribution in [1.29, 1.82) is 0 Å². The molecule has 0 saturated heterocycles. The summed E-state index contributed by atoms with van der Waals surface area (Å²) in [5, 5.41) is 8.05. The molecule has 0 aliphatic rings. The largest absolute Gasteiger partial charge is 0.347 e. The van der Waals surface area contributed by atoms with E-state index in [-0.39, 0.29) is 5.54 Å². The van der Waals surface area contributed by atoms with Crippen molar-refractivity contribution in [3.8, 4) is 0 Å². The molecule has 0 bridgehead atoms. The average Bonchev–Trinajstić information content (AvgIpc) is 2.58. The highest BCUT2D eigenvalue weighted by Crippen LogP contribution is 2.14. The highest BCUT2D eigenvalue weighted by atomic mass is 35.5. The predicted octanol–water partition coefficient (Wildman–Crippen LogP) is 1.53. The van der Waals surface area contributed by atoms with Crippen molar-refractivity contribution in [3.63, 3.8) is 0 Å². The van der Waals surface area contributed by atoms with Crippen molar-refractivity contribution in [2.45, 2.75) is 19.4 Å². The van der Waals surface area contributed by atoms with Crippen molar-refractivity contribution in [3.05, 3.63) is 23.4 Å². The first kappa shape index (κ1) is 11.2. The molecular weight excluding hydrogens is 226 g/mol. The number of nitrogens with two attached hydrogens (primary N) is 1. The third-order valence-electron chi connectivity index (χ3n) is 2.26. The Morgan fingerprint density at radius 2 is 2.25 bits per heavy atom. The summed E-state index contributed by atoms with van der Waals surface area (Å²) in [7, 11) is 0. The molecule has 0 fully saturated rings. The molecule has 86 valence electrons. The topological polar surface area (TPSA) is 68.2 Å². The second kappa shape index (κ2) is 3.92. The molecule has 6 heteroatoms. The number of aromatic nitrogens is 3. The molecule has 2 heterocycles. The van der Waals surface area contributed by atoms with E-state index < -0.39 is 0 Å². The van der Waals surface area contributed by atoms with Crippen LogP contribution in [0.25, 0.3) is 5.65 Å². The summed E-state index contributed by atoms with van der Waals surface area (Å²) in [5.74, 6) is 0.553. The Hall–Kier alpha value is -1.33. The van der Waals surface area contributed by atoms with Crippen LogP contribution in [-0.4, -0.2) is 26.7 Å². The van der Waals surface area contributed by atoms with E-state index in [1.165, 1.54) is 0 Å². The number of fused-ring (bicyclic) bond motifs is 1. The van der Waals surface area contributed by atoms with Crippen molar-refractivity contribution >= 4 is 23.2 Å². The minimum atomic E-state index is -0.227. The second-order valence-corrected chi connectivity index (χ2v) is 4.73. The van der Waals surface area contributed by atoms with Gasteiger partial charge < -0.3 is 11.1 Å². The Balaban J connectivity index is 2.33. The van der Waals surface area contributed by atoms with Crippen molar-refractivity contribution in [1.82, 2.24) is 14.6 Å². The number of nitrogens with zero attached hydrogens (tertiary/aromatic N) is 3. The van der Waals surface area contributed by atoms with Crippen LogP contribution in [0.4, 0.5) is 5.95 Å². The number of hydrogen-bond donors (Lipinski definition) is 2. The van der Waals surface area contributed by atoms with Crippen LogP contribution in [0.3, 0.4) is 0 Å². The van der Waals surface area contributed by atoms with E-state index in [0.717, 1.165) is 5.65 Å². The van der Waals surface area contributed by atoms with Gasteiger partial charge in [0.05, 0.1) is 5.02 Å². The molecule has 5 nitrogen and oxygen atoms in total. The SMILES string of the molecule is CC(C)(CN)Nc1nc2ccc(Cl)cn2n1. The molecule has 0 atom stereocenters. The monoisotopic (exact) mass is 239 g/mol.